The summed E-state index contributed by atoms with van der Waals surface area (Å²) >= 11 is 5.22. The summed E-state index contributed by atoms with van der Waals surface area (Å²) in [7, 11) is 0. The van der Waals surface area contributed by atoms with Crippen LogP contribution in [0.4, 0.5) is 10.5 Å². The summed E-state index contributed by atoms with van der Waals surface area (Å²) in [5.74, 6) is 1.48. The Balaban J connectivity index is 1.72. The number of nitrogens with zero attached hydrogens (tertiary/aromatic N) is 1. The van der Waals surface area contributed by atoms with Crippen LogP contribution in [0.1, 0.15) is 36.3 Å². The Kier molecular flexibility index (Phi) is 5.51. The Morgan fingerprint density at radius 1 is 1.17 bits per heavy atom. The number of benzene rings is 2. The normalized spacial score (nSPS) is 17.3. The number of thioether (sulfide) groups is 1. The average Bonchev–Trinajstić information content (AvgIpc) is 3.07. The zero-order valence-electron chi connectivity index (χ0n) is 13.8. The van der Waals surface area contributed by atoms with Gasteiger partial charge in [-0.3, -0.25) is 0 Å². The number of hydrogen-bond donors (Lipinski definition) is 1. The minimum absolute atomic E-state index is 0.0414. The molecule has 1 aliphatic heterocycles. The third kappa shape index (κ3) is 3.95. The highest BCUT2D eigenvalue weighted by Crippen LogP contribution is 2.38. The molecule has 0 bridgehead atoms. The van der Waals surface area contributed by atoms with Gasteiger partial charge in [0.2, 0.25) is 0 Å². The SMILES string of the molecule is CC(C)c1ccc(C2SCCN2C(=O)Nc2ccc(Br)cc2)cc1. The van der Waals surface area contributed by atoms with Crippen LogP contribution in [0.5, 0.6) is 0 Å². The second kappa shape index (κ2) is 7.62. The zero-order valence-corrected chi connectivity index (χ0v) is 16.2. The van der Waals surface area contributed by atoms with Crippen molar-refractivity contribution >= 4 is 39.4 Å². The van der Waals surface area contributed by atoms with E-state index in [1.165, 1.54) is 11.1 Å². The largest absolute Gasteiger partial charge is 0.323 e. The highest BCUT2D eigenvalue weighted by atomic mass is 79.9. The third-order valence-electron chi connectivity index (χ3n) is 4.14. The predicted molar refractivity (Wildman–Crippen MR) is 106 cm³/mol. The molecule has 2 aromatic rings. The van der Waals surface area contributed by atoms with Gasteiger partial charge in [-0.25, -0.2) is 4.79 Å². The minimum atomic E-state index is -0.0414. The van der Waals surface area contributed by atoms with E-state index in [0.29, 0.717) is 5.92 Å². The molecule has 1 heterocycles. The van der Waals surface area contributed by atoms with E-state index in [1.807, 2.05) is 40.9 Å². The van der Waals surface area contributed by atoms with Gasteiger partial charge < -0.3 is 10.2 Å². The van der Waals surface area contributed by atoms with E-state index in [9.17, 15) is 4.79 Å². The van der Waals surface area contributed by atoms with Gasteiger partial charge in [-0.05, 0) is 41.3 Å². The van der Waals surface area contributed by atoms with Crippen molar-refractivity contribution in [1.82, 2.24) is 4.90 Å². The minimum Gasteiger partial charge on any atom is -0.308 e. The van der Waals surface area contributed by atoms with Crippen molar-refractivity contribution in [1.29, 1.82) is 0 Å². The van der Waals surface area contributed by atoms with Crippen molar-refractivity contribution in [2.45, 2.75) is 25.1 Å². The van der Waals surface area contributed by atoms with Gasteiger partial charge in [0, 0.05) is 22.5 Å². The van der Waals surface area contributed by atoms with E-state index in [2.05, 4.69) is 59.4 Å². The monoisotopic (exact) mass is 404 g/mol. The molecule has 1 atom stereocenters. The standard InChI is InChI=1S/C19H21BrN2OS/c1-13(2)14-3-5-15(6-4-14)18-22(11-12-24-18)19(23)21-17-9-7-16(20)8-10-17/h3-10,13,18H,11-12H2,1-2H3,(H,21,23). The fourth-order valence-corrected chi connectivity index (χ4v) is 4.25. The number of carbonyl (C=O) groups excluding carboxylic acids is 1. The maximum atomic E-state index is 12.6. The molecular formula is C19H21BrN2OS. The summed E-state index contributed by atoms with van der Waals surface area (Å²) in [6.45, 7) is 5.15. The molecule has 126 valence electrons. The van der Waals surface area contributed by atoms with Crippen LogP contribution in [-0.2, 0) is 0 Å². The summed E-state index contributed by atoms with van der Waals surface area (Å²) in [6, 6.07) is 16.3. The van der Waals surface area contributed by atoms with Crippen LogP contribution in [0.25, 0.3) is 0 Å². The van der Waals surface area contributed by atoms with Crippen LogP contribution in [0.3, 0.4) is 0 Å². The van der Waals surface area contributed by atoms with Gasteiger partial charge in [-0.2, -0.15) is 0 Å². The highest BCUT2D eigenvalue weighted by molar-refractivity contribution is 9.10. The molecule has 1 unspecified atom stereocenters. The van der Waals surface area contributed by atoms with E-state index in [1.54, 1.807) is 0 Å². The second-order valence-corrected chi connectivity index (χ2v) is 8.28. The number of rotatable bonds is 3. The molecule has 2 aromatic carbocycles. The molecule has 0 spiro atoms. The summed E-state index contributed by atoms with van der Waals surface area (Å²) in [4.78, 5) is 14.6. The molecule has 2 amide bonds. The number of carbonyl (C=O) groups is 1. The zero-order chi connectivity index (χ0) is 17.1. The van der Waals surface area contributed by atoms with Crippen molar-refractivity contribution in [3.63, 3.8) is 0 Å². The van der Waals surface area contributed by atoms with Crippen LogP contribution in [-0.4, -0.2) is 23.2 Å². The van der Waals surface area contributed by atoms with E-state index < -0.39 is 0 Å². The summed E-state index contributed by atoms with van der Waals surface area (Å²) in [5.41, 5.74) is 3.33. The van der Waals surface area contributed by atoms with Crippen LogP contribution < -0.4 is 5.32 Å². The number of nitrogens with one attached hydrogen (secondary N) is 1. The summed E-state index contributed by atoms with van der Waals surface area (Å²) < 4.78 is 1.00. The Morgan fingerprint density at radius 2 is 1.83 bits per heavy atom. The lowest BCUT2D eigenvalue weighted by Gasteiger charge is -2.24. The van der Waals surface area contributed by atoms with E-state index in [4.69, 9.17) is 0 Å². The van der Waals surface area contributed by atoms with Gasteiger partial charge in [-0.15, -0.1) is 11.8 Å². The lowest BCUT2D eigenvalue weighted by atomic mass is 10.0. The number of anilines is 1. The highest BCUT2D eigenvalue weighted by Gasteiger charge is 2.30. The maximum Gasteiger partial charge on any atom is 0.323 e. The summed E-state index contributed by atoms with van der Waals surface area (Å²) in [6.07, 6.45) is 0. The summed E-state index contributed by atoms with van der Waals surface area (Å²) in [5, 5.41) is 3.08. The lowest BCUT2D eigenvalue weighted by Crippen LogP contribution is -2.34. The number of hydrogen-bond acceptors (Lipinski definition) is 2. The molecule has 0 aromatic heterocycles. The molecule has 5 heteroatoms. The van der Waals surface area contributed by atoms with Crippen LogP contribution in [0, 0.1) is 0 Å². The number of urea groups is 1. The van der Waals surface area contributed by atoms with Crippen molar-refractivity contribution in [3.05, 3.63) is 64.1 Å². The third-order valence-corrected chi connectivity index (χ3v) is 5.92. The van der Waals surface area contributed by atoms with Crippen molar-refractivity contribution in [2.75, 3.05) is 17.6 Å². The molecule has 3 rings (SSSR count). The predicted octanol–water partition coefficient (Wildman–Crippen LogP) is 5.85. The molecule has 0 radical (unpaired) electrons. The molecule has 1 saturated heterocycles. The Hall–Kier alpha value is -1.46. The fraction of sp³-hybridized carbons (Fsp3) is 0.316. The first-order valence-electron chi connectivity index (χ1n) is 8.09. The first-order valence-corrected chi connectivity index (χ1v) is 9.93. The van der Waals surface area contributed by atoms with E-state index >= 15 is 0 Å². The van der Waals surface area contributed by atoms with Gasteiger partial charge in [-0.1, -0.05) is 54.0 Å². The first kappa shape index (κ1) is 17.4. The molecule has 0 saturated carbocycles. The van der Waals surface area contributed by atoms with E-state index in [0.717, 1.165) is 22.5 Å². The lowest BCUT2D eigenvalue weighted by molar-refractivity contribution is 0.214. The fourth-order valence-electron chi connectivity index (χ4n) is 2.73. The molecule has 0 aliphatic carbocycles. The van der Waals surface area contributed by atoms with Crippen LogP contribution in [0.15, 0.2) is 53.0 Å². The van der Waals surface area contributed by atoms with Crippen molar-refractivity contribution in [2.24, 2.45) is 0 Å². The number of halogens is 1. The topological polar surface area (TPSA) is 32.3 Å². The first-order chi connectivity index (χ1) is 11.5. The van der Waals surface area contributed by atoms with Gasteiger partial charge in [0.25, 0.3) is 0 Å². The smallest absolute Gasteiger partial charge is 0.308 e. The Morgan fingerprint density at radius 3 is 2.46 bits per heavy atom. The van der Waals surface area contributed by atoms with Crippen molar-refractivity contribution < 1.29 is 4.79 Å². The van der Waals surface area contributed by atoms with Gasteiger partial charge in [0.1, 0.15) is 5.37 Å². The second-order valence-electron chi connectivity index (χ2n) is 6.17. The molecular weight excluding hydrogens is 384 g/mol. The maximum absolute atomic E-state index is 12.6. The molecule has 3 nitrogen and oxygen atoms in total. The molecule has 1 fully saturated rings. The van der Waals surface area contributed by atoms with Gasteiger partial charge in [0.05, 0.1) is 0 Å². The van der Waals surface area contributed by atoms with Crippen LogP contribution >= 0.6 is 27.7 Å². The molecule has 1 N–H and O–H groups in total. The van der Waals surface area contributed by atoms with Crippen LogP contribution in [0.2, 0.25) is 0 Å². The quantitative estimate of drug-likeness (QED) is 0.695. The van der Waals surface area contributed by atoms with Gasteiger partial charge in [0.15, 0.2) is 0 Å². The van der Waals surface area contributed by atoms with E-state index in [-0.39, 0.29) is 11.4 Å². The Bertz CT molecular complexity index is 700. The average molecular weight is 405 g/mol. The van der Waals surface area contributed by atoms with Gasteiger partial charge >= 0.3 is 6.03 Å². The number of amides is 2. The van der Waals surface area contributed by atoms with Crippen molar-refractivity contribution in [3.8, 4) is 0 Å². The molecule has 24 heavy (non-hydrogen) atoms. The Labute approximate surface area is 155 Å². The molecule has 1 aliphatic rings.